The largest absolute Gasteiger partial charge is 0.457 e. The number of nitrogens with zero attached hydrogens (tertiary/aromatic N) is 1. The van der Waals surface area contributed by atoms with E-state index in [1.165, 1.54) is 0 Å². The molecule has 1 spiro atoms. The second-order valence-corrected chi connectivity index (χ2v) is 8.88. The number of esters is 1. The molecule has 0 N–H and O–H groups in total. The van der Waals surface area contributed by atoms with Crippen molar-refractivity contribution in [3.05, 3.63) is 102 Å². The van der Waals surface area contributed by atoms with E-state index in [1.54, 1.807) is 18.2 Å². The Morgan fingerprint density at radius 3 is 2.47 bits per heavy atom. The molecular weight excluding hydrogens is 398 g/mol. The van der Waals surface area contributed by atoms with Crippen molar-refractivity contribution < 1.29 is 14.3 Å². The van der Waals surface area contributed by atoms with Crippen LogP contribution in [-0.2, 0) is 14.9 Å². The molecule has 2 aliphatic rings. The van der Waals surface area contributed by atoms with Gasteiger partial charge < -0.3 is 9.47 Å². The summed E-state index contributed by atoms with van der Waals surface area (Å²) in [6, 6.07) is 26.8. The van der Waals surface area contributed by atoms with E-state index in [1.807, 2.05) is 48.5 Å². The molecule has 4 heteroatoms. The molecule has 0 unspecified atom stereocenters. The smallest absolute Gasteiger partial charge is 0.312 e. The van der Waals surface area contributed by atoms with E-state index in [4.69, 9.17) is 9.47 Å². The van der Waals surface area contributed by atoms with E-state index in [-0.39, 0.29) is 22.7 Å². The molecule has 0 amide bonds. The van der Waals surface area contributed by atoms with Crippen molar-refractivity contribution in [2.45, 2.75) is 25.4 Å². The molecule has 1 saturated carbocycles. The van der Waals surface area contributed by atoms with Crippen LogP contribution in [0.2, 0.25) is 0 Å². The van der Waals surface area contributed by atoms with E-state index in [0.29, 0.717) is 17.1 Å². The van der Waals surface area contributed by atoms with Crippen molar-refractivity contribution in [3.8, 4) is 17.6 Å². The number of hydrogen-bond acceptors (Lipinski definition) is 4. The molecule has 0 bridgehead atoms. The van der Waals surface area contributed by atoms with Crippen LogP contribution in [0, 0.1) is 22.7 Å². The summed E-state index contributed by atoms with van der Waals surface area (Å²) >= 11 is 0. The summed E-state index contributed by atoms with van der Waals surface area (Å²) in [5.41, 5.74) is 2.21. The van der Waals surface area contributed by atoms with Gasteiger partial charge in [0, 0.05) is 11.0 Å². The maximum atomic E-state index is 13.3. The number of allylic oxidation sites excluding steroid dienone is 1. The third-order valence-corrected chi connectivity index (χ3v) is 6.82. The molecule has 0 aromatic heterocycles. The Labute approximate surface area is 187 Å². The Bertz CT molecular complexity index is 1250. The van der Waals surface area contributed by atoms with E-state index >= 15 is 0 Å². The summed E-state index contributed by atoms with van der Waals surface area (Å²) in [7, 11) is 0. The van der Waals surface area contributed by atoms with Gasteiger partial charge in [-0.15, -0.1) is 0 Å². The van der Waals surface area contributed by atoms with Crippen molar-refractivity contribution in [2.75, 3.05) is 0 Å². The fraction of sp³-hybridized carbons (Fsp3) is 0.214. The van der Waals surface area contributed by atoms with Gasteiger partial charge in [0.25, 0.3) is 0 Å². The number of hydrogen-bond donors (Lipinski definition) is 0. The highest BCUT2D eigenvalue weighted by Crippen LogP contribution is 2.73. The van der Waals surface area contributed by atoms with Gasteiger partial charge in [-0.3, -0.25) is 4.79 Å². The zero-order valence-electron chi connectivity index (χ0n) is 18.0. The van der Waals surface area contributed by atoms with Crippen molar-refractivity contribution >= 4 is 12.0 Å². The maximum Gasteiger partial charge on any atom is 0.312 e. The van der Waals surface area contributed by atoms with Crippen LogP contribution in [0.25, 0.3) is 6.08 Å². The molecule has 0 heterocycles. The first-order valence-corrected chi connectivity index (χ1v) is 10.7. The number of nitriles is 1. The molecule has 3 aromatic carbocycles. The first-order chi connectivity index (χ1) is 15.5. The van der Waals surface area contributed by atoms with Crippen LogP contribution >= 0.6 is 0 Å². The minimum atomic E-state index is -1.00. The average molecular weight is 421 g/mol. The minimum absolute atomic E-state index is 0.286. The quantitative estimate of drug-likeness (QED) is 0.460. The van der Waals surface area contributed by atoms with Gasteiger partial charge in [0.15, 0.2) is 0 Å². The van der Waals surface area contributed by atoms with Crippen molar-refractivity contribution in [3.63, 3.8) is 0 Å². The highest BCUT2D eigenvalue weighted by Gasteiger charge is 2.75. The molecule has 5 rings (SSSR count). The average Bonchev–Trinajstić information content (AvgIpc) is 3.09. The van der Waals surface area contributed by atoms with Crippen molar-refractivity contribution in [1.82, 2.24) is 0 Å². The van der Waals surface area contributed by atoms with Crippen LogP contribution in [0.1, 0.15) is 36.6 Å². The SMILES string of the molecule is CC1(C)[C@H](C(=O)O[C@H](C#N)c2cccc(Oc3ccccc3)c2)[C@]12C=Cc1ccccc12. The first-order valence-electron chi connectivity index (χ1n) is 10.7. The Hall–Kier alpha value is -3.84. The lowest BCUT2D eigenvalue weighted by molar-refractivity contribution is -0.149. The standard InChI is InChI=1S/C28H23NO3/c1-27(2)25(28(27)16-15-19-9-6-7-14-23(19)28)26(30)32-24(18-29)20-10-8-13-22(17-20)31-21-11-4-3-5-12-21/h3-17,24-25H,1-2H3/t24-,25+,28-/m1/s1. The topological polar surface area (TPSA) is 59.3 Å². The zero-order chi connectivity index (χ0) is 22.3. The second-order valence-electron chi connectivity index (χ2n) is 8.88. The summed E-state index contributed by atoms with van der Waals surface area (Å²) in [5.74, 6) is 0.594. The summed E-state index contributed by atoms with van der Waals surface area (Å²) in [6.45, 7) is 4.17. The predicted molar refractivity (Wildman–Crippen MR) is 122 cm³/mol. The maximum absolute atomic E-state index is 13.3. The fourth-order valence-electron chi connectivity index (χ4n) is 5.14. The van der Waals surface area contributed by atoms with E-state index in [2.05, 4.69) is 44.2 Å². The summed E-state index contributed by atoms with van der Waals surface area (Å²) in [4.78, 5) is 13.3. The number of benzene rings is 3. The van der Waals surface area contributed by atoms with E-state index < -0.39 is 6.10 Å². The van der Waals surface area contributed by atoms with Crippen molar-refractivity contribution in [1.29, 1.82) is 5.26 Å². The third kappa shape index (κ3) is 3.01. The lowest BCUT2D eigenvalue weighted by atomic mass is 9.90. The van der Waals surface area contributed by atoms with Gasteiger partial charge in [-0.05, 0) is 40.8 Å². The van der Waals surface area contributed by atoms with Crippen LogP contribution in [0.3, 0.4) is 0 Å². The number of para-hydroxylation sites is 1. The Morgan fingerprint density at radius 1 is 0.969 bits per heavy atom. The van der Waals surface area contributed by atoms with Gasteiger partial charge >= 0.3 is 5.97 Å². The van der Waals surface area contributed by atoms with Crippen LogP contribution in [0.15, 0.2) is 84.9 Å². The molecule has 32 heavy (non-hydrogen) atoms. The van der Waals surface area contributed by atoms with Gasteiger partial charge in [-0.2, -0.15) is 5.26 Å². The Balaban J connectivity index is 1.36. The number of ether oxygens (including phenoxy) is 2. The third-order valence-electron chi connectivity index (χ3n) is 6.82. The minimum Gasteiger partial charge on any atom is -0.457 e. The van der Waals surface area contributed by atoms with E-state index in [9.17, 15) is 10.1 Å². The van der Waals surface area contributed by atoms with Gasteiger partial charge in [-0.1, -0.05) is 80.6 Å². The molecule has 0 aliphatic heterocycles. The van der Waals surface area contributed by atoms with Gasteiger partial charge in [0.2, 0.25) is 6.10 Å². The molecule has 4 nitrogen and oxygen atoms in total. The number of carbonyl (C=O) groups is 1. The van der Waals surface area contributed by atoms with E-state index in [0.717, 1.165) is 11.1 Å². The molecule has 158 valence electrons. The molecule has 0 radical (unpaired) electrons. The van der Waals surface area contributed by atoms with Crippen LogP contribution in [0.4, 0.5) is 0 Å². The number of fused-ring (bicyclic) bond motifs is 2. The van der Waals surface area contributed by atoms with Gasteiger partial charge in [0.1, 0.15) is 17.6 Å². The molecule has 0 saturated heterocycles. The summed E-state index contributed by atoms with van der Waals surface area (Å²) in [6.07, 6.45) is 3.20. The van der Waals surface area contributed by atoms with Gasteiger partial charge in [-0.25, -0.2) is 0 Å². The van der Waals surface area contributed by atoms with Crippen LogP contribution in [0.5, 0.6) is 11.5 Å². The monoisotopic (exact) mass is 421 g/mol. The first kappa shape index (κ1) is 20.1. The van der Waals surface area contributed by atoms with Crippen LogP contribution < -0.4 is 4.74 Å². The lowest BCUT2D eigenvalue weighted by Gasteiger charge is -2.15. The highest BCUT2D eigenvalue weighted by molar-refractivity contribution is 5.87. The summed E-state index contributed by atoms with van der Waals surface area (Å²) < 4.78 is 11.6. The predicted octanol–water partition coefficient (Wildman–Crippen LogP) is 6.21. The molecule has 3 atom stereocenters. The number of rotatable bonds is 5. The Kier molecular flexibility index (Phi) is 4.64. The normalized spacial score (nSPS) is 22.6. The fourth-order valence-corrected chi connectivity index (χ4v) is 5.14. The van der Waals surface area contributed by atoms with Crippen LogP contribution in [-0.4, -0.2) is 5.97 Å². The molecule has 1 fully saturated rings. The lowest BCUT2D eigenvalue weighted by Crippen LogP contribution is -2.17. The molecule has 3 aromatic rings. The highest BCUT2D eigenvalue weighted by atomic mass is 16.5. The zero-order valence-corrected chi connectivity index (χ0v) is 18.0. The Morgan fingerprint density at radius 2 is 1.69 bits per heavy atom. The molecule has 2 aliphatic carbocycles. The van der Waals surface area contributed by atoms with Gasteiger partial charge in [0.05, 0.1) is 5.92 Å². The second kappa shape index (κ2) is 7.39. The number of carbonyl (C=O) groups excluding carboxylic acids is 1. The summed E-state index contributed by atoms with van der Waals surface area (Å²) in [5, 5.41) is 9.77. The molecular formula is C28H23NO3. The van der Waals surface area contributed by atoms with Crippen molar-refractivity contribution in [2.24, 2.45) is 11.3 Å².